The summed E-state index contributed by atoms with van der Waals surface area (Å²) < 4.78 is 4.97. The smallest absolute Gasteiger partial charge is 0.326 e. The lowest BCUT2D eigenvalue weighted by Gasteiger charge is -2.36. The fourth-order valence-electron chi connectivity index (χ4n) is 3.98. The summed E-state index contributed by atoms with van der Waals surface area (Å²) in [6.45, 7) is 4.85. The van der Waals surface area contributed by atoms with E-state index in [9.17, 15) is 19.2 Å². The molecule has 1 heterocycles. The van der Waals surface area contributed by atoms with Gasteiger partial charge in [0.05, 0.1) is 0 Å². The first kappa shape index (κ1) is 20.8. The van der Waals surface area contributed by atoms with Crippen LogP contribution >= 0.6 is 0 Å². The van der Waals surface area contributed by atoms with Gasteiger partial charge in [-0.15, -0.1) is 0 Å². The number of rotatable bonds is 5. The number of ether oxygens (including phenoxy) is 1. The van der Waals surface area contributed by atoms with Gasteiger partial charge in [-0.05, 0) is 55.9 Å². The summed E-state index contributed by atoms with van der Waals surface area (Å²) in [6, 6.07) is 4.89. The molecule has 1 aromatic rings. The minimum absolute atomic E-state index is 0.0115. The molecule has 2 atom stereocenters. The standard InChI is InChI=1S/C21H27N3O5/c1-13-7-8-16(10-14(13)2)22-17(25)12-29-18(26)11-24-19(27)21(23-20(24)28)9-5-4-6-15(21)3/h7-8,10,15H,4-6,9,11-12H2,1-3H3,(H,22,25)(H,23,28)/t15-,21-/m0/s1. The highest BCUT2D eigenvalue weighted by molar-refractivity contribution is 6.09. The molecule has 0 unspecified atom stereocenters. The second kappa shape index (κ2) is 8.23. The number of nitrogens with zero attached hydrogens (tertiary/aromatic N) is 1. The molecule has 2 N–H and O–H groups in total. The minimum atomic E-state index is -0.920. The van der Waals surface area contributed by atoms with Crippen LogP contribution in [-0.4, -0.2) is 47.4 Å². The van der Waals surface area contributed by atoms with E-state index in [1.165, 1.54) is 0 Å². The van der Waals surface area contributed by atoms with Crippen LogP contribution in [-0.2, 0) is 19.1 Å². The van der Waals surface area contributed by atoms with Crippen molar-refractivity contribution in [2.24, 2.45) is 5.92 Å². The first-order valence-electron chi connectivity index (χ1n) is 9.90. The van der Waals surface area contributed by atoms with Crippen LogP contribution in [0.25, 0.3) is 0 Å². The Morgan fingerprint density at radius 1 is 1.24 bits per heavy atom. The summed E-state index contributed by atoms with van der Waals surface area (Å²) in [5.41, 5.74) is 1.82. The molecule has 1 spiro atoms. The predicted octanol–water partition coefficient (Wildman–Crippen LogP) is 2.29. The van der Waals surface area contributed by atoms with Crippen molar-refractivity contribution in [1.29, 1.82) is 0 Å². The van der Waals surface area contributed by atoms with Gasteiger partial charge in [-0.1, -0.05) is 25.8 Å². The fraction of sp³-hybridized carbons (Fsp3) is 0.524. The lowest BCUT2D eigenvalue weighted by atomic mass is 9.73. The number of esters is 1. The van der Waals surface area contributed by atoms with Gasteiger partial charge >= 0.3 is 12.0 Å². The van der Waals surface area contributed by atoms with Gasteiger partial charge in [0.15, 0.2) is 6.61 Å². The third-order valence-corrected chi connectivity index (χ3v) is 5.94. The van der Waals surface area contributed by atoms with Crippen LogP contribution in [0.1, 0.15) is 43.7 Å². The van der Waals surface area contributed by atoms with Crippen molar-refractivity contribution in [2.45, 2.75) is 52.0 Å². The Morgan fingerprint density at radius 3 is 2.69 bits per heavy atom. The lowest BCUT2D eigenvalue weighted by Crippen LogP contribution is -2.54. The van der Waals surface area contributed by atoms with Gasteiger partial charge in [0.25, 0.3) is 11.8 Å². The van der Waals surface area contributed by atoms with Gasteiger partial charge in [0, 0.05) is 5.69 Å². The van der Waals surface area contributed by atoms with Crippen molar-refractivity contribution < 1.29 is 23.9 Å². The summed E-state index contributed by atoms with van der Waals surface area (Å²) in [5, 5.41) is 5.43. The molecule has 0 radical (unpaired) electrons. The second-order valence-corrected chi connectivity index (χ2v) is 7.95. The highest BCUT2D eigenvalue weighted by atomic mass is 16.5. The molecule has 1 aliphatic carbocycles. The molecule has 2 aliphatic rings. The summed E-state index contributed by atoms with van der Waals surface area (Å²) in [7, 11) is 0. The Kier molecular flexibility index (Phi) is 5.91. The number of nitrogens with one attached hydrogen (secondary N) is 2. The molecule has 8 heteroatoms. The van der Waals surface area contributed by atoms with E-state index in [2.05, 4.69) is 10.6 Å². The van der Waals surface area contributed by atoms with Gasteiger partial charge in [-0.3, -0.25) is 19.3 Å². The average Bonchev–Trinajstić information content (AvgIpc) is 2.90. The number of urea groups is 1. The van der Waals surface area contributed by atoms with Crippen LogP contribution in [0.2, 0.25) is 0 Å². The Balaban J connectivity index is 1.52. The van der Waals surface area contributed by atoms with E-state index in [-0.39, 0.29) is 11.8 Å². The maximum absolute atomic E-state index is 12.8. The molecule has 156 valence electrons. The van der Waals surface area contributed by atoms with Crippen molar-refractivity contribution in [1.82, 2.24) is 10.2 Å². The molecule has 0 bridgehead atoms. The van der Waals surface area contributed by atoms with Gasteiger partial charge in [0.1, 0.15) is 12.1 Å². The zero-order valence-corrected chi connectivity index (χ0v) is 17.0. The van der Waals surface area contributed by atoms with Crippen LogP contribution in [0.4, 0.5) is 10.5 Å². The van der Waals surface area contributed by atoms with E-state index in [4.69, 9.17) is 4.74 Å². The molecule has 29 heavy (non-hydrogen) atoms. The normalized spacial score (nSPS) is 23.8. The van der Waals surface area contributed by atoms with Crippen molar-refractivity contribution >= 4 is 29.5 Å². The van der Waals surface area contributed by atoms with Crippen LogP contribution in [0.15, 0.2) is 18.2 Å². The Bertz CT molecular complexity index is 853. The minimum Gasteiger partial charge on any atom is -0.454 e. The predicted molar refractivity (Wildman–Crippen MR) is 106 cm³/mol. The molecule has 1 aliphatic heterocycles. The van der Waals surface area contributed by atoms with Crippen molar-refractivity contribution in [3.63, 3.8) is 0 Å². The SMILES string of the molecule is Cc1ccc(NC(=O)COC(=O)CN2C(=O)N[C@]3(CCCC[C@@H]3C)C2=O)cc1C. The number of amides is 4. The van der Waals surface area contributed by atoms with Gasteiger partial charge in [0.2, 0.25) is 0 Å². The highest BCUT2D eigenvalue weighted by Crippen LogP contribution is 2.38. The maximum atomic E-state index is 12.8. The number of hydrogen-bond donors (Lipinski definition) is 2. The topological polar surface area (TPSA) is 105 Å². The molecule has 1 saturated heterocycles. The van der Waals surface area contributed by atoms with Gasteiger partial charge in [-0.2, -0.15) is 0 Å². The number of imide groups is 1. The van der Waals surface area contributed by atoms with E-state index in [0.29, 0.717) is 12.1 Å². The summed E-state index contributed by atoms with van der Waals surface area (Å²) in [4.78, 5) is 50.2. The molecule has 2 fully saturated rings. The molecular formula is C21H27N3O5. The number of carbonyl (C=O) groups is 4. The van der Waals surface area contributed by atoms with E-state index in [1.54, 1.807) is 6.07 Å². The molecule has 1 aromatic carbocycles. The van der Waals surface area contributed by atoms with Crippen LogP contribution in [0.5, 0.6) is 0 Å². The lowest BCUT2D eigenvalue weighted by molar-refractivity contribution is -0.150. The molecule has 0 aromatic heterocycles. The average molecular weight is 401 g/mol. The summed E-state index contributed by atoms with van der Waals surface area (Å²) >= 11 is 0. The third-order valence-electron chi connectivity index (χ3n) is 5.94. The molecule has 8 nitrogen and oxygen atoms in total. The van der Waals surface area contributed by atoms with Crippen LogP contribution < -0.4 is 10.6 Å². The number of hydrogen-bond acceptors (Lipinski definition) is 5. The molecular weight excluding hydrogens is 374 g/mol. The first-order valence-corrected chi connectivity index (χ1v) is 9.90. The molecule has 1 saturated carbocycles. The van der Waals surface area contributed by atoms with E-state index >= 15 is 0 Å². The zero-order valence-electron chi connectivity index (χ0n) is 17.0. The highest BCUT2D eigenvalue weighted by Gasteiger charge is 2.55. The summed E-state index contributed by atoms with van der Waals surface area (Å²) in [5.74, 6) is -1.66. The quantitative estimate of drug-likeness (QED) is 0.582. The van der Waals surface area contributed by atoms with E-state index in [1.807, 2.05) is 32.9 Å². The Morgan fingerprint density at radius 2 is 2.00 bits per heavy atom. The largest absolute Gasteiger partial charge is 0.454 e. The van der Waals surface area contributed by atoms with Crippen LogP contribution in [0, 0.1) is 19.8 Å². The Labute approximate surface area is 170 Å². The zero-order chi connectivity index (χ0) is 21.2. The van der Waals surface area contributed by atoms with E-state index in [0.717, 1.165) is 35.3 Å². The third kappa shape index (κ3) is 4.26. The van der Waals surface area contributed by atoms with Gasteiger partial charge in [-0.25, -0.2) is 4.79 Å². The number of benzene rings is 1. The van der Waals surface area contributed by atoms with Crippen molar-refractivity contribution in [3.05, 3.63) is 29.3 Å². The van der Waals surface area contributed by atoms with Crippen molar-refractivity contribution in [3.8, 4) is 0 Å². The van der Waals surface area contributed by atoms with Crippen molar-refractivity contribution in [2.75, 3.05) is 18.5 Å². The van der Waals surface area contributed by atoms with Gasteiger partial charge < -0.3 is 15.4 Å². The maximum Gasteiger partial charge on any atom is 0.326 e. The number of carbonyl (C=O) groups excluding carboxylic acids is 4. The fourth-order valence-corrected chi connectivity index (χ4v) is 3.98. The molecule has 4 amide bonds. The second-order valence-electron chi connectivity index (χ2n) is 7.95. The number of anilines is 1. The van der Waals surface area contributed by atoms with E-state index < -0.39 is 36.6 Å². The molecule has 3 rings (SSSR count). The summed E-state index contributed by atoms with van der Waals surface area (Å²) in [6.07, 6.45) is 3.29. The number of aryl methyl sites for hydroxylation is 2. The van der Waals surface area contributed by atoms with Crippen LogP contribution in [0.3, 0.4) is 0 Å². The Hall–Kier alpha value is -2.90. The monoisotopic (exact) mass is 401 g/mol. The first-order chi connectivity index (χ1) is 13.7.